The van der Waals surface area contributed by atoms with E-state index < -0.39 is 5.97 Å². The van der Waals surface area contributed by atoms with Crippen LogP contribution in [-0.2, 0) is 6.61 Å². The first-order chi connectivity index (χ1) is 15.0. The summed E-state index contributed by atoms with van der Waals surface area (Å²) in [5.41, 5.74) is 5.04. The van der Waals surface area contributed by atoms with Crippen LogP contribution < -0.4 is 14.9 Å². The van der Waals surface area contributed by atoms with E-state index >= 15 is 0 Å². The van der Waals surface area contributed by atoms with Crippen molar-refractivity contribution in [3.63, 3.8) is 0 Å². The van der Waals surface area contributed by atoms with Gasteiger partial charge < -0.3 is 14.6 Å². The highest BCUT2D eigenvalue weighted by molar-refractivity contribution is 6.35. The Labute approximate surface area is 190 Å². The fourth-order valence-corrected chi connectivity index (χ4v) is 3.22. The van der Waals surface area contributed by atoms with Crippen LogP contribution in [-0.4, -0.2) is 23.9 Å². The van der Waals surface area contributed by atoms with Crippen LogP contribution in [0, 0.1) is 0 Å². The van der Waals surface area contributed by atoms with Gasteiger partial charge >= 0.3 is 5.97 Å². The SMILES string of the molecule is CCOc1cc(/C=N/Nc2cccc(C(=O)O)c2)ccc1OCc1c(Cl)cccc1Cl. The van der Waals surface area contributed by atoms with Crippen molar-refractivity contribution in [2.45, 2.75) is 13.5 Å². The minimum atomic E-state index is -0.998. The molecule has 0 aliphatic rings. The highest BCUT2D eigenvalue weighted by Crippen LogP contribution is 2.31. The summed E-state index contributed by atoms with van der Waals surface area (Å²) >= 11 is 12.4. The largest absolute Gasteiger partial charge is 0.490 e. The fourth-order valence-electron chi connectivity index (χ4n) is 2.72. The number of carboxylic acids is 1. The molecule has 0 fully saturated rings. The Morgan fingerprint density at radius 3 is 2.48 bits per heavy atom. The van der Waals surface area contributed by atoms with Crippen LogP contribution in [0.25, 0.3) is 0 Å². The Kier molecular flexibility index (Phi) is 7.76. The monoisotopic (exact) mass is 458 g/mol. The fraction of sp³-hybridized carbons (Fsp3) is 0.130. The normalized spacial score (nSPS) is 10.8. The number of carbonyl (C=O) groups is 1. The number of aromatic carboxylic acids is 1. The van der Waals surface area contributed by atoms with Crippen LogP contribution in [0.2, 0.25) is 10.0 Å². The minimum absolute atomic E-state index is 0.180. The van der Waals surface area contributed by atoms with Crippen molar-refractivity contribution in [2.24, 2.45) is 5.10 Å². The van der Waals surface area contributed by atoms with Crippen LogP contribution in [0.1, 0.15) is 28.4 Å². The summed E-state index contributed by atoms with van der Waals surface area (Å²) in [4.78, 5) is 11.1. The second-order valence-electron chi connectivity index (χ2n) is 6.38. The van der Waals surface area contributed by atoms with Crippen molar-refractivity contribution in [1.29, 1.82) is 0 Å². The third-order valence-corrected chi connectivity index (χ3v) is 4.93. The Hall–Kier alpha value is -3.22. The zero-order chi connectivity index (χ0) is 22.2. The topological polar surface area (TPSA) is 80.2 Å². The smallest absolute Gasteiger partial charge is 0.335 e. The summed E-state index contributed by atoms with van der Waals surface area (Å²) in [6.07, 6.45) is 1.60. The van der Waals surface area contributed by atoms with Crippen LogP contribution in [0.4, 0.5) is 5.69 Å². The molecule has 0 bridgehead atoms. The Morgan fingerprint density at radius 2 is 1.77 bits per heavy atom. The van der Waals surface area contributed by atoms with E-state index in [1.54, 1.807) is 48.7 Å². The van der Waals surface area contributed by atoms with Crippen molar-refractivity contribution in [3.05, 3.63) is 87.4 Å². The van der Waals surface area contributed by atoms with Gasteiger partial charge in [0, 0.05) is 15.6 Å². The molecule has 160 valence electrons. The first kappa shape index (κ1) is 22.5. The lowest BCUT2D eigenvalue weighted by Crippen LogP contribution is -2.02. The quantitative estimate of drug-likeness (QED) is 0.298. The second-order valence-corrected chi connectivity index (χ2v) is 7.20. The molecule has 3 aromatic rings. The van der Waals surface area contributed by atoms with Gasteiger partial charge in [-0.15, -0.1) is 0 Å². The third kappa shape index (κ3) is 6.13. The Balaban J connectivity index is 1.71. The van der Waals surface area contributed by atoms with Gasteiger partial charge in [0.25, 0.3) is 0 Å². The van der Waals surface area contributed by atoms with Crippen molar-refractivity contribution in [1.82, 2.24) is 0 Å². The van der Waals surface area contributed by atoms with E-state index in [9.17, 15) is 4.79 Å². The molecule has 3 rings (SSSR count). The molecule has 2 N–H and O–H groups in total. The maximum atomic E-state index is 11.1. The predicted octanol–water partition coefficient (Wildman–Crippen LogP) is 6.12. The summed E-state index contributed by atoms with van der Waals surface area (Å²) in [7, 11) is 0. The highest BCUT2D eigenvalue weighted by atomic mass is 35.5. The number of hydrazone groups is 1. The third-order valence-electron chi connectivity index (χ3n) is 4.22. The number of hydrogen-bond donors (Lipinski definition) is 2. The molecule has 0 spiro atoms. The number of ether oxygens (including phenoxy) is 2. The molecule has 0 heterocycles. The molecule has 0 saturated heterocycles. The second kappa shape index (κ2) is 10.7. The van der Waals surface area contributed by atoms with Gasteiger partial charge in [-0.05, 0) is 61.0 Å². The summed E-state index contributed by atoms with van der Waals surface area (Å²) in [5.74, 6) is 0.113. The first-order valence-corrected chi connectivity index (χ1v) is 10.2. The molecule has 0 aliphatic heterocycles. The van der Waals surface area contributed by atoms with Gasteiger partial charge in [-0.25, -0.2) is 4.79 Å². The maximum Gasteiger partial charge on any atom is 0.335 e. The van der Waals surface area contributed by atoms with Crippen molar-refractivity contribution >= 4 is 41.1 Å². The van der Waals surface area contributed by atoms with Gasteiger partial charge in [0.1, 0.15) is 6.61 Å². The van der Waals surface area contributed by atoms with E-state index in [1.165, 1.54) is 12.1 Å². The molecule has 0 radical (unpaired) electrons. The molecule has 0 unspecified atom stereocenters. The molecular formula is C23H20Cl2N2O4. The van der Waals surface area contributed by atoms with Crippen molar-refractivity contribution in [2.75, 3.05) is 12.0 Å². The summed E-state index contributed by atoms with van der Waals surface area (Å²) < 4.78 is 11.6. The number of anilines is 1. The summed E-state index contributed by atoms with van der Waals surface area (Å²) in [5, 5.41) is 14.3. The lowest BCUT2D eigenvalue weighted by molar-refractivity contribution is 0.0697. The number of nitrogens with one attached hydrogen (secondary N) is 1. The van der Waals surface area contributed by atoms with Gasteiger partial charge in [-0.1, -0.05) is 35.3 Å². The first-order valence-electron chi connectivity index (χ1n) is 9.43. The molecule has 31 heavy (non-hydrogen) atoms. The molecule has 0 atom stereocenters. The molecule has 0 aromatic heterocycles. The molecule has 0 amide bonds. The van der Waals surface area contributed by atoms with Crippen LogP contribution in [0.15, 0.2) is 65.8 Å². The van der Waals surface area contributed by atoms with Crippen molar-refractivity contribution in [3.8, 4) is 11.5 Å². The highest BCUT2D eigenvalue weighted by Gasteiger charge is 2.10. The number of benzene rings is 3. The molecular weight excluding hydrogens is 439 g/mol. The predicted molar refractivity (Wildman–Crippen MR) is 123 cm³/mol. The van der Waals surface area contributed by atoms with E-state index in [4.69, 9.17) is 37.8 Å². The number of nitrogens with zero attached hydrogens (tertiary/aromatic N) is 1. The lowest BCUT2D eigenvalue weighted by Gasteiger charge is -2.14. The zero-order valence-electron chi connectivity index (χ0n) is 16.6. The van der Waals surface area contributed by atoms with Crippen molar-refractivity contribution < 1.29 is 19.4 Å². The lowest BCUT2D eigenvalue weighted by atomic mass is 10.2. The van der Waals surface area contributed by atoms with Gasteiger partial charge in [0.15, 0.2) is 11.5 Å². The van der Waals surface area contributed by atoms with Gasteiger partial charge in [-0.2, -0.15) is 5.10 Å². The summed E-state index contributed by atoms with van der Waals surface area (Å²) in [6.45, 7) is 2.55. The molecule has 0 saturated carbocycles. The average Bonchev–Trinajstić information content (AvgIpc) is 2.75. The minimum Gasteiger partial charge on any atom is -0.490 e. The number of halogens is 2. The molecule has 3 aromatic carbocycles. The Bertz CT molecular complexity index is 1080. The number of carboxylic acid groups (broad SMARTS) is 1. The van der Waals surface area contributed by atoms with E-state index in [0.29, 0.717) is 39.4 Å². The zero-order valence-corrected chi connectivity index (χ0v) is 18.2. The van der Waals surface area contributed by atoms with Crippen LogP contribution in [0.5, 0.6) is 11.5 Å². The van der Waals surface area contributed by atoms with Crippen LogP contribution in [0.3, 0.4) is 0 Å². The van der Waals surface area contributed by atoms with Gasteiger partial charge in [-0.3, -0.25) is 5.43 Å². The molecule has 6 nitrogen and oxygen atoms in total. The van der Waals surface area contributed by atoms with Gasteiger partial charge in [0.05, 0.1) is 24.1 Å². The average molecular weight is 459 g/mol. The van der Waals surface area contributed by atoms with Crippen LogP contribution >= 0.6 is 23.2 Å². The van der Waals surface area contributed by atoms with E-state index in [-0.39, 0.29) is 12.2 Å². The number of hydrogen-bond acceptors (Lipinski definition) is 5. The Morgan fingerprint density at radius 1 is 1.03 bits per heavy atom. The summed E-state index contributed by atoms with van der Waals surface area (Å²) in [6, 6.07) is 17.1. The number of rotatable bonds is 9. The molecule has 0 aliphatic carbocycles. The van der Waals surface area contributed by atoms with E-state index in [1.807, 2.05) is 13.0 Å². The van der Waals surface area contributed by atoms with E-state index in [2.05, 4.69) is 10.5 Å². The maximum absolute atomic E-state index is 11.1. The van der Waals surface area contributed by atoms with Gasteiger partial charge in [0.2, 0.25) is 0 Å². The molecule has 8 heteroatoms. The standard InChI is InChI=1S/C23H20Cl2N2O4/c1-2-30-22-11-15(13-26-27-17-6-3-5-16(12-17)23(28)29)9-10-21(22)31-14-18-19(24)7-4-8-20(18)25/h3-13,27H,2,14H2,1H3,(H,28,29)/b26-13+. The van der Waals surface area contributed by atoms with E-state index in [0.717, 1.165) is 5.56 Å².